The van der Waals surface area contributed by atoms with Crippen molar-refractivity contribution in [3.63, 3.8) is 0 Å². The maximum Gasteiger partial charge on any atom is 0.322 e. The molecule has 1 unspecified atom stereocenters. The third-order valence-corrected chi connectivity index (χ3v) is 2.60. The SMILES string of the molecule is COc1cc(OC)c(NCC(N)C(=O)O)cc1Cl. The lowest BCUT2D eigenvalue weighted by Gasteiger charge is -2.15. The van der Waals surface area contributed by atoms with Crippen LogP contribution in [0.5, 0.6) is 11.5 Å². The zero-order chi connectivity index (χ0) is 13.7. The molecule has 0 amide bonds. The van der Waals surface area contributed by atoms with Crippen LogP contribution in [-0.4, -0.2) is 37.9 Å². The maximum absolute atomic E-state index is 10.6. The molecule has 0 saturated heterocycles. The average molecular weight is 275 g/mol. The third kappa shape index (κ3) is 3.41. The van der Waals surface area contributed by atoms with E-state index in [2.05, 4.69) is 5.32 Å². The first kappa shape index (κ1) is 14.4. The molecule has 0 radical (unpaired) electrons. The van der Waals surface area contributed by atoms with Crippen molar-refractivity contribution in [2.24, 2.45) is 5.73 Å². The van der Waals surface area contributed by atoms with Crippen molar-refractivity contribution in [1.82, 2.24) is 0 Å². The first-order chi connectivity index (χ1) is 8.49. The smallest absolute Gasteiger partial charge is 0.322 e. The molecular weight excluding hydrogens is 260 g/mol. The monoisotopic (exact) mass is 274 g/mol. The van der Waals surface area contributed by atoms with Crippen LogP contribution in [0, 0.1) is 0 Å². The lowest BCUT2D eigenvalue weighted by Crippen LogP contribution is -2.37. The van der Waals surface area contributed by atoms with Crippen molar-refractivity contribution < 1.29 is 19.4 Å². The summed E-state index contributed by atoms with van der Waals surface area (Å²) < 4.78 is 10.2. The Morgan fingerprint density at radius 2 is 2.06 bits per heavy atom. The Balaban J connectivity index is 2.88. The van der Waals surface area contributed by atoms with Crippen molar-refractivity contribution in [1.29, 1.82) is 0 Å². The van der Waals surface area contributed by atoms with Crippen LogP contribution in [0.3, 0.4) is 0 Å². The number of aliphatic carboxylic acids is 1. The third-order valence-electron chi connectivity index (χ3n) is 2.30. The molecule has 100 valence electrons. The van der Waals surface area contributed by atoms with Gasteiger partial charge >= 0.3 is 5.97 Å². The molecule has 0 fully saturated rings. The number of ether oxygens (including phenoxy) is 2. The quantitative estimate of drug-likeness (QED) is 0.721. The number of nitrogens with one attached hydrogen (secondary N) is 1. The van der Waals surface area contributed by atoms with Gasteiger partial charge in [0.05, 0.1) is 24.9 Å². The van der Waals surface area contributed by atoms with E-state index in [4.69, 9.17) is 31.9 Å². The molecule has 1 atom stereocenters. The summed E-state index contributed by atoms with van der Waals surface area (Å²) in [5, 5.41) is 11.9. The Bertz CT molecular complexity index is 439. The normalized spacial score (nSPS) is 11.8. The van der Waals surface area contributed by atoms with Crippen molar-refractivity contribution in [3.8, 4) is 11.5 Å². The molecule has 0 spiro atoms. The summed E-state index contributed by atoms with van der Waals surface area (Å²) in [6, 6.07) is 2.20. The molecule has 1 rings (SSSR count). The number of carbonyl (C=O) groups is 1. The van der Waals surface area contributed by atoms with Crippen LogP contribution in [0.2, 0.25) is 5.02 Å². The minimum atomic E-state index is -1.08. The van der Waals surface area contributed by atoms with E-state index >= 15 is 0 Å². The first-order valence-electron chi connectivity index (χ1n) is 5.13. The van der Waals surface area contributed by atoms with E-state index in [0.29, 0.717) is 22.2 Å². The summed E-state index contributed by atoms with van der Waals surface area (Å²) in [6.07, 6.45) is 0. The second kappa shape index (κ2) is 6.32. The van der Waals surface area contributed by atoms with Crippen LogP contribution in [0.25, 0.3) is 0 Å². The minimum absolute atomic E-state index is 0.0638. The maximum atomic E-state index is 10.6. The minimum Gasteiger partial charge on any atom is -0.495 e. The molecule has 18 heavy (non-hydrogen) atoms. The highest BCUT2D eigenvalue weighted by molar-refractivity contribution is 6.32. The van der Waals surface area contributed by atoms with Crippen molar-refractivity contribution in [3.05, 3.63) is 17.2 Å². The van der Waals surface area contributed by atoms with Gasteiger partial charge in [-0.3, -0.25) is 4.79 Å². The van der Waals surface area contributed by atoms with E-state index in [1.165, 1.54) is 14.2 Å². The summed E-state index contributed by atoms with van der Waals surface area (Å²) in [5.41, 5.74) is 5.94. The van der Waals surface area contributed by atoms with Gasteiger partial charge in [-0.05, 0) is 6.07 Å². The molecule has 7 heteroatoms. The predicted molar refractivity (Wildman–Crippen MR) is 68.7 cm³/mol. The van der Waals surface area contributed by atoms with Crippen molar-refractivity contribution >= 4 is 23.3 Å². The molecule has 1 aromatic carbocycles. The lowest BCUT2D eigenvalue weighted by molar-refractivity contribution is -0.138. The van der Waals surface area contributed by atoms with Crippen LogP contribution in [0.1, 0.15) is 0 Å². The van der Waals surface area contributed by atoms with Gasteiger partial charge in [0.25, 0.3) is 0 Å². The molecule has 1 aromatic rings. The average Bonchev–Trinajstić information content (AvgIpc) is 2.35. The Labute approximate surface area is 110 Å². The summed E-state index contributed by atoms with van der Waals surface area (Å²) >= 11 is 5.97. The predicted octanol–water partition coefficient (Wildman–Crippen LogP) is 1.18. The van der Waals surface area contributed by atoms with Gasteiger partial charge in [0, 0.05) is 12.6 Å². The number of carboxylic acids is 1. The Morgan fingerprint density at radius 3 is 2.56 bits per heavy atom. The highest BCUT2D eigenvalue weighted by Crippen LogP contribution is 2.35. The van der Waals surface area contributed by atoms with Gasteiger partial charge in [0.1, 0.15) is 17.5 Å². The number of halogens is 1. The zero-order valence-corrected chi connectivity index (χ0v) is 10.8. The van der Waals surface area contributed by atoms with Crippen LogP contribution in [0.15, 0.2) is 12.1 Å². The van der Waals surface area contributed by atoms with Gasteiger partial charge < -0.3 is 25.6 Å². The summed E-state index contributed by atoms with van der Waals surface area (Å²) in [6.45, 7) is 0.0638. The Kier molecular flexibility index (Phi) is 5.06. The van der Waals surface area contributed by atoms with Gasteiger partial charge in [-0.25, -0.2) is 0 Å². The van der Waals surface area contributed by atoms with Crippen molar-refractivity contribution in [2.45, 2.75) is 6.04 Å². The number of nitrogens with two attached hydrogens (primary N) is 1. The van der Waals surface area contributed by atoms with Crippen LogP contribution in [0.4, 0.5) is 5.69 Å². The largest absolute Gasteiger partial charge is 0.495 e. The van der Waals surface area contributed by atoms with Gasteiger partial charge in [-0.15, -0.1) is 0 Å². The summed E-state index contributed by atoms with van der Waals surface area (Å²) in [5.74, 6) is -0.114. The molecule has 0 aliphatic heterocycles. The molecule has 0 heterocycles. The fourth-order valence-electron chi connectivity index (χ4n) is 1.31. The lowest BCUT2D eigenvalue weighted by atomic mass is 10.2. The number of benzene rings is 1. The number of carboxylic acid groups (broad SMARTS) is 1. The van der Waals surface area contributed by atoms with E-state index in [9.17, 15) is 4.79 Å². The molecule has 6 nitrogen and oxygen atoms in total. The van der Waals surface area contributed by atoms with E-state index in [1.54, 1.807) is 12.1 Å². The molecule has 0 aliphatic carbocycles. The Hall–Kier alpha value is -1.66. The number of methoxy groups -OCH3 is 2. The van der Waals surface area contributed by atoms with Gasteiger partial charge in [0.2, 0.25) is 0 Å². The first-order valence-corrected chi connectivity index (χ1v) is 5.51. The highest BCUT2D eigenvalue weighted by Gasteiger charge is 2.14. The number of anilines is 1. The molecule has 0 aliphatic rings. The standard InChI is InChI=1S/C11H15ClN2O4/c1-17-9-4-10(18-2)8(3-6(9)12)14-5-7(13)11(15)16/h3-4,7,14H,5,13H2,1-2H3,(H,15,16). The van der Waals surface area contributed by atoms with E-state index in [0.717, 1.165) is 0 Å². The highest BCUT2D eigenvalue weighted by atomic mass is 35.5. The van der Waals surface area contributed by atoms with Gasteiger partial charge in [-0.1, -0.05) is 11.6 Å². The number of hydrogen-bond acceptors (Lipinski definition) is 5. The summed E-state index contributed by atoms with van der Waals surface area (Å²) in [7, 11) is 2.99. The fraction of sp³-hybridized carbons (Fsp3) is 0.364. The van der Waals surface area contributed by atoms with E-state index in [-0.39, 0.29) is 6.54 Å². The zero-order valence-electron chi connectivity index (χ0n) is 10.1. The number of hydrogen-bond donors (Lipinski definition) is 3. The Morgan fingerprint density at radius 1 is 1.44 bits per heavy atom. The molecule has 4 N–H and O–H groups in total. The van der Waals surface area contributed by atoms with E-state index < -0.39 is 12.0 Å². The molecule has 0 aromatic heterocycles. The van der Waals surface area contributed by atoms with Crippen LogP contribution < -0.4 is 20.5 Å². The molecule has 0 bridgehead atoms. The van der Waals surface area contributed by atoms with Gasteiger partial charge in [-0.2, -0.15) is 0 Å². The number of rotatable bonds is 6. The topological polar surface area (TPSA) is 93.8 Å². The second-order valence-corrected chi connectivity index (χ2v) is 3.92. The van der Waals surface area contributed by atoms with Crippen molar-refractivity contribution in [2.75, 3.05) is 26.1 Å². The fourth-order valence-corrected chi connectivity index (χ4v) is 1.55. The van der Waals surface area contributed by atoms with Gasteiger partial charge in [0.15, 0.2) is 0 Å². The van der Waals surface area contributed by atoms with Crippen LogP contribution >= 0.6 is 11.6 Å². The molecular formula is C11H15ClN2O4. The molecule has 0 saturated carbocycles. The second-order valence-electron chi connectivity index (χ2n) is 3.51. The van der Waals surface area contributed by atoms with E-state index in [1.807, 2.05) is 0 Å². The summed E-state index contributed by atoms with van der Waals surface area (Å²) in [4.78, 5) is 10.6. The van der Waals surface area contributed by atoms with Crippen LogP contribution in [-0.2, 0) is 4.79 Å².